The van der Waals surface area contributed by atoms with Gasteiger partial charge in [-0.15, -0.1) is 0 Å². The molecule has 4 rings (SSSR count). The van der Waals surface area contributed by atoms with E-state index in [0.29, 0.717) is 11.6 Å². The number of amides is 2. The van der Waals surface area contributed by atoms with Gasteiger partial charge in [0.05, 0.1) is 11.4 Å². The molecule has 2 aromatic carbocycles. The molecule has 5 heteroatoms. The van der Waals surface area contributed by atoms with Gasteiger partial charge < -0.3 is 15.1 Å². The summed E-state index contributed by atoms with van der Waals surface area (Å²) in [5.74, 6) is -0.0264. The fourth-order valence-corrected chi connectivity index (χ4v) is 4.42. The zero-order valence-electron chi connectivity index (χ0n) is 16.7. The van der Waals surface area contributed by atoms with Crippen LogP contribution in [-0.2, 0) is 4.79 Å². The highest BCUT2D eigenvalue weighted by molar-refractivity contribution is 6.09. The smallest absolute Gasteiger partial charge is 0.255 e. The molecule has 1 aliphatic carbocycles. The van der Waals surface area contributed by atoms with E-state index in [4.69, 9.17) is 0 Å². The van der Waals surface area contributed by atoms with E-state index in [0.717, 1.165) is 35.5 Å². The minimum absolute atomic E-state index is 0.108. The van der Waals surface area contributed by atoms with Crippen LogP contribution in [0.15, 0.2) is 42.5 Å². The maximum absolute atomic E-state index is 12.8. The van der Waals surface area contributed by atoms with Crippen molar-refractivity contribution in [3.05, 3.63) is 53.6 Å². The zero-order valence-corrected chi connectivity index (χ0v) is 16.7. The third kappa shape index (κ3) is 3.26. The Hall–Kier alpha value is -2.82. The zero-order chi connectivity index (χ0) is 19.8. The molecule has 0 saturated heterocycles. The lowest BCUT2D eigenvalue weighted by Gasteiger charge is -2.43. The highest BCUT2D eigenvalue weighted by Gasteiger charge is 2.38. The summed E-state index contributed by atoms with van der Waals surface area (Å²) < 4.78 is 0. The van der Waals surface area contributed by atoms with Crippen LogP contribution in [0, 0.1) is 6.92 Å². The van der Waals surface area contributed by atoms with Crippen molar-refractivity contribution in [3.8, 4) is 0 Å². The molecule has 2 amide bonds. The van der Waals surface area contributed by atoms with Gasteiger partial charge in [-0.2, -0.15) is 0 Å². The third-order valence-electron chi connectivity index (χ3n) is 6.01. The third-order valence-corrected chi connectivity index (χ3v) is 6.01. The molecule has 1 fully saturated rings. The second-order valence-corrected chi connectivity index (χ2v) is 7.94. The number of anilines is 3. The molecule has 146 valence electrons. The van der Waals surface area contributed by atoms with Gasteiger partial charge in [-0.05, 0) is 57.0 Å². The van der Waals surface area contributed by atoms with Crippen LogP contribution in [0.2, 0.25) is 0 Å². The van der Waals surface area contributed by atoms with Crippen molar-refractivity contribution in [1.82, 2.24) is 0 Å². The number of rotatable bonds is 3. The van der Waals surface area contributed by atoms with E-state index in [2.05, 4.69) is 10.2 Å². The Morgan fingerprint density at radius 3 is 2.39 bits per heavy atom. The number of carbonyl (C=O) groups excluding carboxylic acids is 2. The number of carbonyl (C=O) groups is 2. The van der Waals surface area contributed by atoms with E-state index < -0.39 is 0 Å². The fraction of sp³-hybridized carbons (Fsp3) is 0.391. The molecule has 0 radical (unpaired) electrons. The van der Waals surface area contributed by atoms with E-state index in [1.165, 1.54) is 12.8 Å². The quantitative estimate of drug-likeness (QED) is 0.865. The van der Waals surface area contributed by atoms with E-state index in [-0.39, 0.29) is 17.9 Å². The SMILES string of the molecule is Cc1ccc(NC(=O)c2ccc3c(c2)N(C2CCCC2)C(C)C(=O)N3C)cc1. The van der Waals surface area contributed by atoms with E-state index in [1.54, 1.807) is 11.0 Å². The lowest BCUT2D eigenvalue weighted by atomic mass is 10.0. The van der Waals surface area contributed by atoms with E-state index >= 15 is 0 Å². The number of nitrogens with zero attached hydrogens (tertiary/aromatic N) is 2. The summed E-state index contributed by atoms with van der Waals surface area (Å²) in [5.41, 5.74) is 4.40. The first-order chi connectivity index (χ1) is 13.5. The molecule has 1 unspecified atom stereocenters. The van der Waals surface area contributed by atoms with E-state index in [1.807, 2.05) is 57.3 Å². The summed E-state index contributed by atoms with van der Waals surface area (Å²) in [6.07, 6.45) is 4.59. The van der Waals surface area contributed by atoms with Crippen molar-refractivity contribution in [2.24, 2.45) is 0 Å². The van der Waals surface area contributed by atoms with Crippen LogP contribution >= 0.6 is 0 Å². The van der Waals surface area contributed by atoms with Crippen molar-refractivity contribution < 1.29 is 9.59 Å². The van der Waals surface area contributed by atoms with Crippen LogP contribution in [0.1, 0.15) is 48.5 Å². The second-order valence-electron chi connectivity index (χ2n) is 7.94. The lowest BCUT2D eigenvalue weighted by Crippen LogP contribution is -2.54. The average molecular weight is 377 g/mol. The number of hydrogen-bond acceptors (Lipinski definition) is 3. The molecular weight excluding hydrogens is 350 g/mol. The van der Waals surface area contributed by atoms with Gasteiger partial charge in [0.15, 0.2) is 0 Å². The van der Waals surface area contributed by atoms with Gasteiger partial charge in [-0.1, -0.05) is 30.5 Å². The molecule has 2 aliphatic rings. The van der Waals surface area contributed by atoms with Crippen molar-refractivity contribution in [1.29, 1.82) is 0 Å². The van der Waals surface area contributed by atoms with Gasteiger partial charge in [0.1, 0.15) is 6.04 Å². The van der Waals surface area contributed by atoms with Crippen LogP contribution < -0.4 is 15.1 Å². The molecule has 2 aromatic rings. The van der Waals surface area contributed by atoms with Crippen molar-refractivity contribution >= 4 is 28.9 Å². The molecular formula is C23H27N3O2. The minimum Gasteiger partial charge on any atom is -0.355 e. The Morgan fingerprint density at radius 2 is 1.71 bits per heavy atom. The lowest BCUT2D eigenvalue weighted by molar-refractivity contribution is -0.119. The first kappa shape index (κ1) is 18.5. The molecule has 5 nitrogen and oxygen atoms in total. The average Bonchev–Trinajstić information content (AvgIpc) is 3.22. The molecule has 1 heterocycles. The Kier molecular flexibility index (Phi) is 4.84. The van der Waals surface area contributed by atoms with Gasteiger partial charge >= 0.3 is 0 Å². The van der Waals surface area contributed by atoms with Gasteiger partial charge in [-0.3, -0.25) is 9.59 Å². The number of likely N-dealkylation sites (N-methyl/N-ethyl adjacent to an activating group) is 1. The number of aryl methyl sites for hydroxylation is 1. The summed E-state index contributed by atoms with van der Waals surface area (Å²) in [6, 6.07) is 13.6. The maximum atomic E-state index is 12.8. The first-order valence-electron chi connectivity index (χ1n) is 10.0. The van der Waals surface area contributed by atoms with Crippen LogP contribution in [0.5, 0.6) is 0 Å². The molecule has 1 atom stereocenters. The van der Waals surface area contributed by atoms with Crippen LogP contribution in [0.25, 0.3) is 0 Å². The monoisotopic (exact) mass is 377 g/mol. The van der Waals surface area contributed by atoms with Crippen molar-refractivity contribution in [2.75, 3.05) is 22.2 Å². The molecule has 1 aliphatic heterocycles. The van der Waals surface area contributed by atoms with Gasteiger partial charge in [0, 0.05) is 24.3 Å². The maximum Gasteiger partial charge on any atom is 0.255 e. The summed E-state index contributed by atoms with van der Waals surface area (Å²) in [4.78, 5) is 29.5. The first-order valence-corrected chi connectivity index (χ1v) is 10.0. The van der Waals surface area contributed by atoms with Gasteiger partial charge in [0.2, 0.25) is 5.91 Å². The molecule has 0 bridgehead atoms. The van der Waals surface area contributed by atoms with Gasteiger partial charge in [0.25, 0.3) is 5.91 Å². The summed E-state index contributed by atoms with van der Waals surface area (Å²) in [7, 11) is 1.82. The number of nitrogens with one attached hydrogen (secondary N) is 1. The predicted octanol–water partition coefficient (Wildman–Crippen LogP) is 4.36. The number of hydrogen-bond donors (Lipinski definition) is 1. The molecule has 1 N–H and O–H groups in total. The van der Waals surface area contributed by atoms with Gasteiger partial charge in [-0.25, -0.2) is 0 Å². The summed E-state index contributed by atoms with van der Waals surface area (Å²) in [5, 5.41) is 2.97. The van der Waals surface area contributed by atoms with Crippen molar-refractivity contribution in [2.45, 2.75) is 51.6 Å². The number of fused-ring (bicyclic) bond motifs is 1. The Morgan fingerprint density at radius 1 is 1.04 bits per heavy atom. The Bertz CT molecular complexity index is 901. The standard InChI is InChI=1S/C23H27N3O2/c1-15-8-11-18(12-9-15)24-22(27)17-10-13-20-21(14-17)26(19-6-4-5-7-19)16(2)23(28)25(20)3/h8-14,16,19H,4-7H2,1-3H3,(H,24,27). The fourth-order valence-electron chi connectivity index (χ4n) is 4.42. The van der Waals surface area contributed by atoms with Crippen molar-refractivity contribution in [3.63, 3.8) is 0 Å². The minimum atomic E-state index is -0.212. The Labute approximate surface area is 166 Å². The van der Waals surface area contributed by atoms with Crippen LogP contribution in [0.3, 0.4) is 0 Å². The normalized spacial score (nSPS) is 19.7. The predicted molar refractivity (Wildman–Crippen MR) is 113 cm³/mol. The highest BCUT2D eigenvalue weighted by Crippen LogP contribution is 2.40. The molecule has 1 saturated carbocycles. The van der Waals surface area contributed by atoms with Crippen LogP contribution in [0.4, 0.5) is 17.1 Å². The molecule has 0 aromatic heterocycles. The summed E-state index contributed by atoms with van der Waals surface area (Å²) in [6.45, 7) is 3.99. The summed E-state index contributed by atoms with van der Waals surface area (Å²) >= 11 is 0. The Balaban J connectivity index is 1.67. The largest absolute Gasteiger partial charge is 0.355 e. The number of benzene rings is 2. The molecule has 28 heavy (non-hydrogen) atoms. The van der Waals surface area contributed by atoms with E-state index in [9.17, 15) is 9.59 Å². The second kappa shape index (κ2) is 7.30. The van der Waals surface area contributed by atoms with Crippen LogP contribution in [-0.4, -0.2) is 30.9 Å². The molecule has 0 spiro atoms. The highest BCUT2D eigenvalue weighted by atomic mass is 16.2. The topological polar surface area (TPSA) is 52.7 Å².